The van der Waals surface area contributed by atoms with Gasteiger partial charge in [-0.15, -0.1) is 0 Å². The van der Waals surface area contributed by atoms with Crippen LogP contribution in [0.2, 0.25) is 0 Å². The number of rotatable bonds is 5. The van der Waals surface area contributed by atoms with Crippen molar-refractivity contribution in [3.8, 4) is 0 Å². The minimum atomic E-state index is -0.822. The van der Waals surface area contributed by atoms with Crippen LogP contribution < -0.4 is 10.2 Å². The molecule has 0 bridgehead atoms. The lowest BCUT2D eigenvalue weighted by Crippen LogP contribution is -2.48. The van der Waals surface area contributed by atoms with Gasteiger partial charge in [-0.1, -0.05) is 31.4 Å². The Morgan fingerprint density at radius 3 is 2.50 bits per heavy atom. The fourth-order valence-electron chi connectivity index (χ4n) is 3.73. The van der Waals surface area contributed by atoms with Crippen LogP contribution in [0.4, 0.5) is 5.69 Å². The predicted molar refractivity (Wildman–Crippen MR) is 95.9 cm³/mol. The normalized spacial score (nSPS) is 19.6. The zero-order chi connectivity index (χ0) is 17.2. The van der Waals surface area contributed by atoms with Crippen molar-refractivity contribution in [3.05, 3.63) is 29.8 Å². The highest BCUT2D eigenvalue weighted by Gasteiger charge is 2.58. The third-order valence-corrected chi connectivity index (χ3v) is 5.41. The van der Waals surface area contributed by atoms with Gasteiger partial charge in [0.15, 0.2) is 0 Å². The molecule has 0 heterocycles. The molecule has 3 rings (SSSR count). The van der Waals surface area contributed by atoms with Crippen molar-refractivity contribution in [2.24, 2.45) is 5.41 Å². The van der Waals surface area contributed by atoms with E-state index < -0.39 is 5.41 Å². The minimum absolute atomic E-state index is 0.0380. The van der Waals surface area contributed by atoms with Gasteiger partial charge in [0.2, 0.25) is 11.8 Å². The summed E-state index contributed by atoms with van der Waals surface area (Å²) in [5, 5.41) is 3.16. The average Bonchev–Trinajstić information content (AvgIpc) is 3.38. The number of hydrogen-bond acceptors (Lipinski definition) is 2. The summed E-state index contributed by atoms with van der Waals surface area (Å²) in [5.74, 6) is -0.0885. The van der Waals surface area contributed by atoms with Crippen molar-refractivity contribution in [1.29, 1.82) is 0 Å². The maximum absolute atomic E-state index is 13.1. The zero-order valence-corrected chi connectivity index (χ0v) is 14.8. The van der Waals surface area contributed by atoms with Crippen LogP contribution in [0, 0.1) is 12.3 Å². The Bertz CT molecular complexity index is 616. The first-order valence-electron chi connectivity index (χ1n) is 9.26. The number of carbonyl (C=O) groups is 2. The molecule has 1 aromatic rings. The van der Waals surface area contributed by atoms with E-state index in [1.54, 1.807) is 4.90 Å². The Hall–Kier alpha value is -1.84. The fourth-order valence-corrected chi connectivity index (χ4v) is 3.73. The Morgan fingerprint density at radius 1 is 1.21 bits per heavy atom. The average molecular weight is 328 g/mol. The molecule has 2 aliphatic carbocycles. The minimum Gasteiger partial charge on any atom is -0.352 e. The highest BCUT2D eigenvalue weighted by atomic mass is 16.2. The predicted octanol–water partition coefficient (Wildman–Crippen LogP) is 3.58. The van der Waals surface area contributed by atoms with Crippen LogP contribution >= 0.6 is 0 Å². The molecule has 1 N–H and O–H groups in total. The van der Waals surface area contributed by atoms with Gasteiger partial charge in [0.05, 0.1) is 0 Å². The van der Waals surface area contributed by atoms with Crippen LogP contribution in [0.1, 0.15) is 57.4 Å². The van der Waals surface area contributed by atoms with Crippen LogP contribution in [-0.2, 0) is 9.59 Å². The third kappa shape index (κ3) is 3.33. The van der Waals surface area contributed by atoms with E-state index in [0.717, 1.165) is 24.1 Å². The summed E-state index contributed by atoms with van der Waals surface area (Å²) in [7, 11) is 0. The van der Waals surface area contributed by atoms with Gasteiger partial charge < -0.3 is 10.2 Å². The van der Waals surface area contributed by atoms with Gasteiger partial charge in [0.1, 0.15) is 5.41 Å². The van der Waals surface area contributed by atoms with Crippen molar-refractivity contribution in [2.45, 2.75) is 64.8 Å². The summed E-state index contributed by atoms with van der Waals surface area (Å²) < 4.78 is 0. The second-order valence-corrected chi connectivity index (χ2v) is 7.28. The van der Waals surface area contributed by atoms with Crippen LogP contribution in [0.25, 0.3) is 0 Å². The lowest BCUT2D eigenvalue weighted by atomic mass is 9.94. The van der Waals surface area contributed by atoms with E-state index in [0.29, 0.717) is 19.4 Å². The van der Waals surface area contributed by atoms with Gasteiger partial charge in [0.25, 0.3) is 0 Å². The molecule has 0 saturated heterocycles. The van der Waals surface area contributed by atoms with Gasteiger partial charge in [-0.2, -0.15) is 0 Å². The van der Waals surface area contributed by atoms with Crippen LogP contribution in [0.15, 0.2) is 24.3 Å². The van der Waals surface area contributed by atoms with Crippen LogP contribution in [0.3, 0.4) is 0 Å². The van der Waals surface area contributed by atoms with Crippen molar-refractivity contribution in [3.63, 3.8) is 0 Å². The molecule has 2 fully saturated rings. The Morgan fingerprint density at radius 2 is 1.92 bits per heavy atom. The molecule has 2 amide bonds. The first-order chi connectivity index (χ1) is 11.6. The molecule has 0 unspecified atom stereocenters. The Kier molecular flexibility index (Phi) is 4.93. The van der Waals surface area contributed by atoms with Crippen LogP contribution in [0.5, 0.6) is 0 Å². The first kappa shape index (κ1) is 17.0. The molecule has 0 aromatic heterocycles. The molecule has 4 heteroatoms. The zero-order valence-electron chi connectivity index (χ0n) is 14.8. The molecular formula is C20H28N2O2. The van der Waals surface area contributed by atoms with E-state index in [4.69, 9.17) is 0 Å². The van der Waals surface area contributed by atoms with Crippen molar-refractivity contribution in [2.75, 3.05) is 11.4 Å². The molecule has 24 heavy (non-hydrogen) atoms. The first-order valence-corrected chi connectivity index (χ1v) is 9.26. The van der Waals surface area contributed by atoms with Crippen molar-refractivity contribution in [1.82, 2.24) is 5.32 Å². The van der Waals surface area contributed by atoms with Gasteiger partial charge >= 0.3 is 0 Å². The molecule has 1 aromatic carbocycles. The number of hydrogen-bond donors (Lipinski definition) is 1. The van der Waals surface area contributed by atoms with Gasteiger partial charge in [-0.3, -0.25) is 9.59 Å². The van der Waals surface area contributed by atoms with Crippen LogP contribution in [-0.4, -0.2) is 24.4 Å². The summed E-state index contributed by atoms with van der Waals surface area (Å²) in [4.78, 5) is 27.7. The standard InChI is InChI=1S/C20H28N2O2/c1-3-22(17-11-7-8-15(2)14-17)19(24)20(12-13-20)18(23)21-16-9-5-4-6-10-16/h7-8,11,14,16H,3-6,9-10,12-13H2,1-2H3,(H,21,23). The SMILES string of the molecule is CCN(C(=O)C1(C(=O)NC2CCCCC2)CC1)c1cccc(C)c1. The number of nitrogens with one attached hydrogen (secondary N) is 1. The van der Waals surface area contributed by atoms with E-state index in [1.165, 1.54) is 19.3 Å². The lowest BCUT2D eigenvalue weighted by Gasteiger charge is -2.29. The Balaban J connectivity index is 1.73. The highest BCUT2D eigenvalue weighted by molar-refractivity contribution is 6.14. The molecule has 0 atom stereocenters. The number of amides is 2. The van der Waals surface area contributed by atoms with E-state index in [-0.39, 0.29) is 17.9 Å². The maximum atomic E-state index is 13.1. The molecule has 0 aliphatic heterocycles. The maximum Gasteiger partial charge on any atom is 0.242 e. The highest BCUT2D eigenvalue weighted by Crippen LogP contribution is 2.48. The lowest BCUT2D eigenvalue weighted by molar-refractivity contribution is -0.136. The molecule has 0 spiro atoms. The topological polar surface area (TPSA) is 49.4 Å². The largest absolute Gasteiger partial charge is 0.352 e. The number of anilines is 1. The molecule has 0 radical (unpaired) electrons. The summed E-state index contributed by atoms with van der Waals surface area (Å²) in [6, 6.07) is 8.19. The number of aryl methyl sites for hydroxylation is 1. The van der Waals surface area contributed by atoms with Gasteiger partial charge in [-0.25, -0.2) is 0 Å². The van der Waals surface area contributed by atoms with Crippen molar-refractivity contribution >= 4 is 17.5 Å². The van der Waals surface area contributed by atoms with Crippen molar-refractivity contribution < 1.29 is 9.59 Å². The second-order valence-electron chi connectivity index (χ2n) is 7.28. The number of benzene rings is 1. The quantitative estimate of drug-likeness (QED) is 0.840. The number of carbonyl (C=O) groups excluding carboxylic acids is 2. The smallest absolute Gasteiger partial charge is 0.242 e. The van der Waals surface area contributed by atoms with E-state index in [2.05, 4.69) is 5.32 Å². The fraction of sp³-hybridized carbons (Fsp3) is 0.600. The molecular weight excluding hydrogens is 300 g/mol. The summed E-state index contributed by atoms with van der Waals surface area (Å²) >= 11 is 0. The van der Waals surface area contributed by atoms with Gasteiger partial charge in [-0.05, 0) is 57.2 Å². The number of nitrogens with zero attached hydrogens (tertiary/aromatic N) is 1. The Labute approximate surface area is 144 Å². The molecule has 2 saturated carbocycles. The summed E-state index contributed by atoms with van der Waals surface area (Å²) in [6.07, 6.45) is 7.05. The third-order valence-electron chi connectivity index (χ3n) is 5.41. The molecule has 4 nitrogen and oxygen atoms in total. The summed E-state index contributed by atoms with van der Waals surface area (Å²) in [6.45, 7) is 4.57. The van der Waals surface area contributed by atoms with E-state index in [1.807, 2.05) is 38.1 Å². The van der Waals surface area contributed by atoms with E-state index >= 15 is 0 Å². The van der Waals surface area contributed by atoms with Gasteiger partial charge in [0, 0.05) is 18.3 Å². The second kappa shape index (κ2) is 6.96. The monoisotopic (exact) mass is 328 g/mol. The van der Waals surface area contributed by atoms with E-state index in [9.17, 15) is 9.59 Å². The summed E-state index contributed by atoms with van der Waals surface area (Å²) in [5.41, 5.74) is 1.19. The molecule has 2 aliphatic rings. The molecule has 130 valence electrons.